The second-order valence-corrected chi connectivity index (χ2v) is 6.78. The second-order valence-electron chi connectivity index (χ2n) is 4.92. The Morgan fingerprint density at radius 2 is 2.15 bits per heavy atom. The van der Waals surface area contributed by atoms with Crippen LogP contribution in [0.1, 0.15) is 12.0 Å². The van der Waals surface area contributed by atoms with Crippen LogP contribution in [0.3, 0.4) is 0 Å². The van der Waals surface area contributed by atoms with Crippen LogP contribution < -0.4 is 10.0 Å². The van der Waals surface area contributed by atoms with E-state index in [1.54, 1.807) is 19.2 Å². The molecule has 1 aromatic heterocycles. The van der Waals surface area contributed by atoms with Crippen molar-refractivity contribution >= 4 is 21.4 Å². The van der Waals surface area contributed by atoms with Gasteiger partial charge in [-0.2, -0.15) is 5.10 Å². The third-order valence-electron chi connectivity index (χ3n) is 3.45. The van der Waals surface area contributed by atoms with Gasteiger partial charge in [-0.25, -0.2) is 8.42 Å². The number of hydrogen-bond donors (Lipinski definition) is 1. The van der Waals surface area contributed by atoms with E-state index in [0.717, 1.165) is 18.4 Å². The average Bonchev–Trinajstić information content (AvgIpc) is 2.85. The first kappa shape index (κ1) is 13.0. The summed E-state index contributed by atoms with van der Waals surface area (Å²) in [5.41, 5.74) is 8.12. The molecule has 0 saturated carbocycles. The van der Waals surface area contributed by atoms with E-state index in [0.29, 0.717) is 17.9 Å². The zero-order valence-corrected chi connectivity index (χ0v) is 12.0. The van der Waals surface area contributed by atoms with Crippen molar-refractivity contribution in [3.05, 3.63) is 36.2 Å². The third kappa shape index (κ3) is 2.03. The fourth-order valence-electron chi connectivity index (χ4n) is 2.49. The molecule has 0 aliphatic carbocycles. The lowest BCUT2D eigenvalue weighted by atomic mass is 10.0. The maximum absolute atomic E-state index is 12.7. The molecule has 1 aliphatic heterocycles. The fraction of sp³-hybridized carbons (Fsp3) is 0.308. The molecule has 6 nitrogen and oxygen atoms in total. The van der Waals surface area contributed by atoms with Crippen molar-refractivity contribution < 1.29 is 8.42 Å². The van der Waals surface area contributed by atoms with Crippen molar-refractivity contribution in [3.63, 3.8) is 0 Å². The van der Waals surface area contributed by atoms with Gasteiger partial charge in [-0.1, -0.05) is 0 Å². The maximum atomic E-state index is 12.7. The fourth-order valence-corrected chi connectivity index (χ4v) is 4.02. The number of aryl methyl sites for hydroxylation is 2. The highest BCUT2D eigenvalue weighted by Crippen LogP contribution is 2.32. The van der Waals surface area contributed by atoms with Crippen molar-refractivity contribution in [3.8, 4) is 0 Å². The summed E-state index contributed by atoms with van der Waals surface area (Å²) in [4.78, 5) is 0.213. The molecule has 2 heterocycles. The minimum Gasteiger partial charge on any atom is -0.399 e. The first-order valence-corrected chi connectivity index (χ1v) is 7.82. The van der Waals surface area contributed by atoms with E-state index in [4.69, 9.17) is 5.73 Å². The van der Waals surface area contributed by atoms with Gasteiger partial charge in [-0.15, -0.1) is 0 Å². The van der Waals surface area contributed by atoms with E-state index in [9.17, 15) is 8.42 Å². The topological polar surface area (TPSA) is 81.2 Å². The average molecular weight is 292 g/mol. The number of sulfonamides is 1. The molecule has 2 aromatic rings. The van der Waals surface area contributed by atoms with E-state index in [-0.39, 0.29) is 4.90 Å². The quantitative estimate of drug-likeness (QED) is 0.842. The number of nitrogen functional groups attached to an aromatic ring is 1. The standard InChI is InChI=1S/C13H16N4O2S/c1-16-9-12(8-15-16)20(18,19)17-6-2-3-10-7-11(14)4-5-13(10)17/h4-5,7-9H,2-3,6,14H2,1H3. The summed E-state index contributed by atoms with van der Waals surface area (Å²) in [5.74, 6) is 0. The summed E-state index contributed by atoms with van der Waals surface area (Å²) < 4.78 is 28.3. The molecule has 20 heavy (non-hydrogen) atoms. The number of fused-ring (bicyclic) bond motifs is 1. The van der Waals surface area contributed by atoms with Crippen LogP contribution in [0.25, 0.3) is 0 Å². The van der Waals surface area contributed by atoms with Crippen LogP contribution in [0, 0.1) is 0 Å². The Balaban J connectivity index is 2.08. The monoisotopic (exact) mass is 292 g/mol. The molecular weight excluding hydrogens is 276 g/mol. The number of hydrogen-bond acceptors (Lipinski definition) is 4. The van der Waals surface area contributed by atoms with Gasteiger partial charge in [-0.3, -0.25) is 8.99 Å². The van der Waals surface area contributed by atoms with Gasteiger partial charge in [0, 0.05) is 25.5 Å². The van der Waals surface area contributed by atoms with Gasteiger partial charge in [0.2, 0.25) is 0 Å². The van der Waals surface area contributed by atoms with Gasteiger partial charge in [-0.05, 0) is 36.6 Å². The van der Waals surface area contributed by atoms with Crippen molar-refractivity contribution in [2.45, 2.75) is 17.7 Å². The molecule has 0 unspecified atom stereocenters. The molecule has 1 aromatic carbocycles. The summed E-state index contributed by atoms with van der Waals surface area (Å²) >= 11 is 0. The lowest BCUT2D eigenvalue weighted by molar-refractivity contribution is 0.586. The number of benzene rings is 1. The number of anilines is 2. The summed E-state index contributed by atoms with van der Waals surface area (Å²) in [6.45, 7) is 0.480. The number of nitrogens with two attached hydrogens (primary N) is 1. The Bertz CT molecular complexity index is 751. The molecule has 7 heteroatoms. The highest BCUT2D eigenvalue weighted by atomic mass is 32.2. The van der Waals surface area contributed by atoms with E-state index in [2.05, 4.69) is 5.10 Å². The highest BCUT2D eigenvalue weighted by Gasteiger charge is 2.29. The molecular formula is C13H16N4O2S. The molecule has 0 atom stereocenters. The van der Waals surface area contributed by atoms with Crippen molar-refractivity contribution in [1.29, 1.82) is 0 Å². The SMILES string of the molecule is Cn1cc(S(=O)(=O)N2CCCc3cc(N)ccc32)cn1. The summed E-state index contributed by atoms with van der Waals surface area (Å²) in [7, 11) is -1.86. The number of rotatable bonds is 2. The second kappa shape index (κ2) is 4.52. The van der Waals surface area contributed by atoms with Crippen LogP contribution in [0.2, 0.25) is 0 Å². The van der Waals surface area contributed by atoms with Crippen molar-refractivity contribution in [1.82, 2.24) is 9.78 Å². The molecule has 0 fully saturated rings. The predicted octanol–water partition coefficient (Wildman–Crippen LogP) is 1.14. The molecule has 1 aliphatic rings. The summed E-state index contributed by atoms with van der Waals surface area (Å²) in [5, 5.41) is 3.94. The van der Waals surface area contributed by atoms with E-state index in [1.165, 1.54) is 21.4 Å². The third-order valence-corrected chi connectivity index (χ3v) is 5.21. The number of nitrogens with zero attached hydrogens (tertiary/aromatic N) is 3. The lowest BCUT2D eigenvalue weighted by Gasteiger charge is -2.30. The largest absolute Gasteiger partial charge is 0.399 e. The lowest BCUT2D eigenvalue weighted by Crippen LogP contribution is -2.35. The minimum atomic E-state index is -3.56. The predicted molar refractivity (Wildman–Crippen MR) is 76.9 cm³/mol. The number of aromatic nitrogens is 2. The van der Waals surface area contributed by atoms with Crippen LogP contribution in [-0.4, -0.2) is 24.7 Å². The highest BCUT2D eigenvalue weighted by molar-refractivity contribution is 7.92. The molecule has 2 N–H and O–H groups in total. The van der Waals surface area contributed by atoms with Crippen molar-refractivity contribution in [2.75, 3.05) is 16.6 Å². The van der Waals surface area contributed by atoms with Crippen LogP contribution in [0.5, 0.6) is 0 Å². The molecule has 0 radical (unpaired) electrons. The Labute approximate surface area is 117 Å². The van der Waals surface area contributed by atoms with Gasteiger partial charge in [0.05, 0.1) is 11.9 Å². The van der Waals surface area contributed by atoms with Gasteiger partial charge in [0.15, 0.2) is 0 Å². The Morgan fingerprint density at radius 3 is 2.85 bits per heavy atom. The van der Waals surface area contributed by atoms with Crippen LogP contribution in [-0.2, 0) is 23.5 Å². The molecule has 106 valence electrons. The van der Waals surface area contributed by atoms with Crippen LogP contribution in [0.4, 0.5) is 11.4 Å². The molecule has 0 spiro atoms. The zero-order chi connectivity index (χ0) is 14.3. The minimum absolute atomic E-state index is 0.213. The molecule has 0 amide bonds. The first-order valence-electron chi connectivity index (χ1n) is 6.38. The van der Waals surface area contributed by atoms with E-state index < -0.39 is 10.0 Å². The Kier molecular flexibility index (Phi) is 2.93. The van der Waals surface area contributed by atoms with Gasteiger partial charge in [0.1, 0.15) is 4.90 Å². The van der Waals surface area contributed by atoms with Crippen LogP contribution in [0.15, 0.2) is 35.5 Å². The smallest absolute Gasteiger partial charge is 0.267 e. The van der Waals surface area contributed by atoms with Crippen molar-refractivity contribution in [2.24, 2.45) is 7.05 Å². The van der Waals surface area contributed by atoms with Gasteiger partial charge < -0.3 is 5.73 Å². The Hall–Kier alpha value is -2.02. The Morgan fingerprint density at radius 1 is 1.35 bits per heavy atom. The first-order chi connectivity index (χ1) is 9.48. The molecule has 3 rings (SSSR count). The maximum Gasteiger partial charge on any atom is 0.267 e. The molecule has 0 saturated heterocycles. The van der Waals surface area contributed by atoms with E-state index in [1.807, 2.05) is 6.07 Å². The summed E-state index contributed by atoms with van der Waals surface area (Å²) in [6, 6.07) is 5.36. The zero-order valence-electron chi connectivity index (χ0n) is 11.2. The normalized spacial score (nSPS) is 15.2. The summed E-state index contributed by atoms with van der Waals surface area (Å²) in [6.07, 6.45) is 4.53. The van der Waals surface area contributed by atoms with Crippen LogP contribution >= 0.6 is 0 Å². The molecule has 0 bridgehead atoms. The van der Waals surface area contributed by atoms with E-state index >= 15 is 0 Å². The van der Waals surface area contributed by atoms with Gasteiger partial charge in [0.25, 0.3) is 10.0 Å². The van der Waals surface area contributed by atoms with Gasteiger partial charge >= 0.3 is 0 Å².